The highest BCUT2D eigenvalue weighted by Crippen LogP contribution is 2.21. The van der Waals surface area contributed by atoms with Gasteiger partial charge in [0.2, 0.25) is 0 Å². The minimum Gasteiger partial charge on any atom is -0.507 e. The number of amides is 1. The van der Waals surface area contributed by atoms with Crippen LogP contribution in [-0.4, -0.2) is 42.1 Å². The molecule has 0 atom stereocenters. The molecule has 1 aromatic rings. The van der Waals surface area contributed by atoms with E-state index in [1.165, 1.54) is 38.8 Å². The van der Waals surface area contributed by atoms with Crippen LogP contribution in [0.3, 0.4) is 0 Å². The zero-order valence-corrected chi connectivity index (χ0v) is 12.9. The molecule has 4 heteroatoms. The van der Waals surface area contributed by atoms with Crippen molar-refractivity contribution in [2.45, 2.75) is 39.0 Å². The van der Waals surface area contributed by atoms with E-state index in [1.807, 2.05) is 0 Å². The highest BCUT2D eigenvalue weighted by atomic mass is 16.3. The molecule has 1 amide bonds. The molecular formula is C17H26N2O2. The van der Waals surface area contributed by atoms with E-state index in [0.717, 1.165) is 18.5 Å². The van der Waals surface area contributed by atoms with E-state index in [1.54, 1.807) is 25.1 Å². The van der Waals surface area contributed by atoms with Crippen molar-refractivity contribution >= 4 is 5.91 Å². The van der Waals surface area contributed by atoms with Crippen LogP contribution >= 0.6 is 0 Å². The molecule has 0 aliphatic carbocycles. The van der Waals surface area contributed by atoms with Gasteiger partial charge in [0.1, 0.15) is 5.75 Å². The van der Waals surface area contributed by atoms with Gasteiger partial charge in [-0.2, -0.15) is 0 Å². The Morgan fingerprint density at radius 1 is 1.24 bits per heavy atom. The summed E-state index contributed by atoms with van der Waals surface area (Å²) in [4.78, 5) is 14.5. The first-order valence-electron chi connectivity index (χ1n) is 7.97. The molecule has 1 saturated heterocycles. The van der Waals surface area contributed by atoms with Gasteiger partial charge in [0.05, 0.1) is 5.56 Å². The van der Waals surface area contributed by atoms with Gasteiger partial charge in [-0.15, -0.1) is 0 Å². The molecule has 1 aliphatic heterocycles. The van der Waals surface area contributed by atoms with Gasteiger partial charge in [0, 0.05) is 6.54 Å². The Labute approximate surface area is 127 Å². The van der Waals surface area contributed by atoms with Crippen molar-refractivity contribution < 1.29 is 9.90 Å². The molecule has 2 N–H and O–H groups in total. The fourth-order valence-corrected chi connectivity index (χ4v) is 2.80. The second-order valence-corrected chi connectivity index (χ2v) is 5.84. The molecule has 1 aliphatic rings. The molecule has 4 nitrogen and oxygen atoms in total. The van der Waals surface area contributed by atoms with E-state index in [0.29, 0.717) is 12.1 Å². The Morgan fingerprint density at radius 3 is 2.67 bits per heavy atom. The van der Waals surface area contributed by atoms with Crippen LogP contribution in [0, 0.1) is 6.92 Å². The lowest BCUT2D eigenvalue weighted by Crippen LogP contribution is -2.30. The van der Waals surface area contributed by atoms with E-state index in [2.05, 4.69) is 10.2 Å². The lowest BCUT2D eigenvalue weighted by atomic mass is 10.1. The predicted octanol–water partition coefficient (Wildman–Crippen LogP) is 2.70. The number of carbonyl (C=O) groups excluding carboxylic acids is 1. The van der Waals surface area contributed by atoms with Crippen molar-refractivity contribution in [2.75, 3.05) is 26.2 Å². The Bertz CT molecular complexity index is 466. The first-order chi connectivity index (χ1) is 10.2. The molecule has 1 heterocycles. The monoisotopic (exact) mass is 290 g/mol. The van der Waals surface area contributed by atoms with Gasteiger partial charge in [-0.3, -0.25) is 4.79 Å². The van der Waals surface area contributed by atoms with Gasteiger partial charge >= 0.3 is 0 Å². The van der Waals surface area contributed by atoms with Crippen LogP contribution in [-0.2, 0) is 0 Å². The first kappa shape index (κ1) is 15.8. The zero-order chi connectivity index (χ0) is 15.1. The molecule has 21 heavy (non-hydrogen) atoms. The number of rotatable bonds is 5. The van der Waals surface area contributed by atoms with Crippen molar-refractivity contribution in [3.8, 4) is 5.75 Å². The largest absolute Gasteiger partial charge is 0.507 e. The molecule has 0 radical (unpaired) electrons. The summed E-state index contributed by atoms with van der Waals surface area (Å²) in [5.41, 5.74) is 1.09. The van der Waals surface area contributed by atoms with Gasteiger partial charge < -0.3 is 15.3 Å². The molecule has 0 aromatic heterocycles. The average Bonchev–Trinajstić information content (AvgIpc) is 2.75. The summed E-state index contributed by atoms with van der Waals surface area (Å²) in [6.45, 7) is 5.87. The number of aryl methyl sites for hydroxylation is 1. The van der Waals surface area contributed by atoms with E-state index in [-0.39, 0.29) is 11.7 Å². The average molecular weight is 290 g/mol. The Kier molecular flexibility index (Phi) is 6.05. The second-order valence-electron chi connectivity index (χ2n) is 5.84. The van der Waals surface area contributed by atoms with E-state index in [4.69, 9.17) is 0 Å². The third-order valence-electron chi connectivity index (χ3n) is 4.12. The quantitative estimate of drug-likeness (QED) is 0.820. The normalized spacial score (nSPS) is 16.4. The van der Waals surface area contributed by atoms with Crippen LogP contribution in [0.1, 0.15) is 48.0 Å². The number of hydrogen-bond donors (Lipinski definition) is 2. The number of benzene rings is 1. The van der Waals surface area contributed by atoms with Crippen LogP contribution in [0.15, 0.2) is 18.2 Å². The minimum atomic E-state index is -0.188. The summed E-state index contributed by atoms with van der Waals surface area (Å²) in [5.74, 6) is -0.102. The van der Waals surface area contributed by atoms with Crippen molar-refractivity contribution in [3.05, 3.63) is 29.3 Å². The molecule has 2 rings (SSSR count). The standard InChI is InChI=1S/C17H26N2O2/c1-14-8-6-9-15(16(14)20)17(21)18-10-7-13-19-11-4-2-3-5-12-19/h6,8-9,20H,2-5,7,10-13H2,1H3,(H,18,21). The number of phenols is 1. The van der Waals surface area contributed by atoms with E-state index >= 15 is 0 Å². The van der Waals surface area contributed by atoms with Crippen LogP contribution in [0.25, 0.3) is 0 Å². The summed E-state index contributed by atoms with van der Waals surface area (Å²) in [6.07, 6.45) is 6.24. The highest BCUT2D eigenvalue weighted by Gasteiger charge is 2.12. The fraction of sp³-hybridized carbons (Fsp3) is 0.588. The van der Waals surface area contributed by atoms with Crippen LogP contribution in [0.4, 0.5) is 0 Å². The molecule has 1 aromatic carbocycles. The molecular weight excluding hydrogens is 264 g/mol. The van der Waals surface area contributed by atoms with E-state index < -0.39 is 0 Å². The fourth-order valence-electron chi connectivity index (χ4n) is 2.80. The third kappa shape index (κ3) is 4.74. The maximum absolute atomic E-state index is 12.0. The van der Waals surface area contributed by atoms with Crippen molar-refractivity contribution in [1.29, 1.82) is 0 Å². The van der Waals surface area contributed by atoms with Gasteiger partial charge in [0.25, 0.3) is 5.91 Å². The SMILES string of the molecule is Cc1cccc(C(=O)NCCCN2CCCCCC2)c1O. The summed E-state index contributed by atoms with van der Waals surface area (Å²) in [5, 5.41) is 12.8. The molecule has 0 unspecified atom stereocenters. The Morgan fingerprint density at radius 2 is 1.95 bits per heavy atom. The second kappa shape index (κ2) is 8.03. The topological polar surface area (TPSA) is 52.6 Å². The van der Waals surface area contributed by atoms with Gasteiger partial charge in [0.15, 0.2) is 0 Å². The lowest BCUT2D eigenvalue weighted by molar-refractivity contribution is 0.0949. The maximum Gasteiger partial charge on any atom is 0.255 e. The number of nitrogens with one attached hydrogen (secondary N) is 1. The highest BCUT2D eigenvalue weighted by molar-refractivity contribution is 5.97. The maximum atomic E-state index is 12.0. The molecule has 0 saturated carbocycles. The number of aromatic hydroxyl groups is 1. The van der Waals surface area contributed by atoms with Crippen LogP contribution in [0.5, 0.6) is 5.75 Å². The number of para-hydroxylation sites is 1. The van der Waals surface area contributed by atoms with Crippen LogP contribution in [0.2, 0.25) is 0 Å². The zero-order valence-electron chi connectivity index (χ0n) is 12.9. The number of likely N-dealkylation sites (tertiary alicyclic amines) is 1. The number of carbonyl (C=O) groups is 1. The smallest absolute Gasteiger partial charge is 0.255 e. The van der Waals surface area contributed by atoms with Crippen LogP contribution < -0.4 is 5.32 Å². The van der Waals surface area contributed by atoms with Gasteiger partial charge in [-0.05, 0) is 57.5 Å². The van der Waals surface area contributed by atoms with Crippen molar-refractivity contribution in [2.24, 2.45) is 0 Å². The third-order valence-corrected chi connectivity index (χ3v) is 4.12. The predicted molar refractivity (Wildman–Crippen MR) is 84.7 cm³/mol. The minimum absolute atomic E-state index is 0.0857. The lowest BCUT2D eigenvalue weighted by Gasteiger charge is -2.19. The summed E-state index contributed by atoms with van der Waals surface area (Å²) >= 11 is 0. The molecule has 116 valence electrons. The molecule has 0 bridgehead atoms. The Hall–Kier alpha value is -1.55. The number of hydrogen-bond acceptors (Lipinski definition) is 3. The number of nitrogens with zero attached hydrogens (tertiary/aromatic N) is 1. The first-order valence-corrected chi connectivity index (χ1v) is 7.97. The molecule has 1 fully saturated rings. The van der Waals surface area contributed by atoms with E-state index in [9.17, 15) is 9.90 Å². The Balaban J connectivity index is 1.73. The summed E-state index contributed by atoms with van der Waals surface area (Å²) in [6, 6.07) is 5.25. The van der Waals surface area contributed by atoms with Gasteiger partial charge in [-0.1, -0.05) is 25.0 Å². The number of phenolic OH excluding ortho intramolecular Hbond substituents is 1. The van der Waals surface area contributed by atoms with Crippen molar-refractivity contribution in [1.82, 2.24) is 10.2 Å². The van der Waals surface area contributed by atoms with Gasteiger partial charge in [-0.25, -0.2) is 0 Å². The van der Waals surface area contributed by atoms with Crippen molar-refractivity contribution in [3.63, 3.8) is 0 Å². The molecule has 0 spiro atoms. The summed E-state index contributed by atoms with van der Waals surface area (Å²) in [7, 11) is 0. The summed E-state index contributed by atoms with van der Waals surface area (Å²) < 4.78 is 0.